The zero-order chi connectivity index (χ0) is 23.7. The molecule has 0 N–H and O–H groups in total. The zero-order valence-electron chi connectivity index (χ0n) is 19.6. The molecule has 2 aromatic rings. The molecule has 0 unspecified atom stereocenters. The van der Waals surface area contributed by atoms with Crippen LogP contribution < -0.4 is 0 Å². The molecule has 0 atom stereocenters. The topological polar surface area (TPSA) is 33.2 Å². The number of hydrogen-bond acceptors (Lipinski definition) is 2. The fourth-order valence-electron chi connectivity index (χ4n) is 3.04. The summed E-state index contributed by atoms with van der Waals surface area (Å²) in [5.74, 6) is -1.05. The normalized spacial score (nSPS) is 20.1. The van der Waals surface area contributed by atoms with E-state index in [1.54, 1.807) is 0 Å². The van der Waals surface area contributed by atoms with Crippen LogP contribution in [0.5, 0.6) is 0 Å². The molecule has 144 valence electrons. The lowest BCUT2D eigenvalue weighted by Crippen LogP contribution is -2.44. The summed E-state index contributed by atoms with van der Waals surface area (Å²) in [6.07, 6.45) is -1.26. The van der Waals surface area contributed by atoms with Crippen molar-refractivity contribution in [2.75, 3.05) is 13.1 Å². The molecule has 2 heterocycles. The van der Waals surface area contributed by atoms with Crippen molar-refractivity contribution in [3.63, 3.8) is 0 Å². The van der Waals surface area contributed by atoms with Crippen molar-refractivity contribution in [2.45, 2.75) is 44.6 Å². The van der Waals surface area contributed by atoms with Gasteiger partial charge in [-0.05, 0) is 68.7 Å². The molecule has 1 aromatic carbocycles. The number of benzene rings is 1. The second-order valence-corrected chi connectivity index (χ2v) is 7.01. The Labute approximate surface area is 170 Å². The van der Waals surface area contributed by atoms with Crippen molar-refractivity contribution >= 4 is 17.5 Å². The van der Waals surface area contributed by atoms with E-state index in [0.717, 1.165) is 6.07 Å². The van der Waals surface area contributed by atoms with Gasteiger partial charge in [0.25, 0.3) is 5.91 Å². The Hall–Kier alpha value is -2.01. The molecule has 1 aliphatic heterocycles. The Bertz CT molecular complexity index is 977. The lowest BCUT2D eigenvalue weighted by atomic mass is 9.87. The fourth-order valence-corrected chi connectivity index (χ4v) is 3.22. The molecule has 0 spiro atoms. The van der Waals surface area contributed by atoms with Crippen LogP contribution >= 0.6 is 11.6 Å². The third-order valence-electron chi connectivity index (χ3n) is 4.66. The first-order valence-electron chi connectivity index (χ1n) is 11.2. The Morgan fingerprint density at radius 2 is 2.15 bits per heavy atom. The summed E-state index contributed by atoms with van der Waals surface area (Å²) in [5.41, 5.74) is -1.36. The van der Waals surface area contributed by atoms with Crippen LogP contribution in [-0.2, 0) is 6.42 Å². The van der Waals surface area contributed by atoms with Crippen LogP contribution in [0, 0.1) is 12.7 Å². The number of hydrogen-bond donors (Lipinski definition) is 0. The van der Waals surface area contributed by atoms with Crippen molar-refractivity contribution in [1.29, 1.82) is 0 Å². The first kappa shape index (κ1) is 14.1. The van der Waals surface area contributed by atoms with Crippen molar-refractivity contribution < 1.29 is 20.4 Å². The van der Waals surface area contributed by atoms with E-state index >= 15 is 4.39 Å². The molecule has 1 aromatic heterocycles. The number of rotatable bonds is 5. The summed E-state index contributed by atoms with van der Waals surface area (Å²) >= 11 is 5.73. The largest absolute Gasteiger partial charge is 0.338 e. The van der Waals surface area contributed by atoms with E-state index < -0.39 is 30.6 Å². The van der Waals surface area contributed by atoms with E-state index in [2.05, 4.69) is 4.98 Å². The highest BCUT2D eigenvalue weighted by Crippen LogP contribution is 2.32. The van der Waals surface area contributed by atoms with Crippen LogP contribution in [-0.4, -0.2) is 34.5 Å². The maximum atomic E-state index is 15.6. The summed E-state index contributed by atoms with van der Waals surface area (Å²) in [7, 11) is 0. The quantitative estimate of drug-likeness (QED) is 0.699. The average molecular weight is 398 g/mol. The number of nitrogens with zero attached hydrogens (tertiary/aromatic N) is 2. The lowest BCUT2D eigenvalue weighted by Gasteiger charge is -2.36. The third-order valence-corrected chi connectivity index (χ3v) is 4.95. The van der Waals surface area contributed by atoms with Gasteiger partial charge in [-0.2, -0.15) is 0 Å². The molecule has 3 rings (SSSR count). The van der Waals surface area contributed by atoms with Crippen molar-refractivity contribution in [3.05, 3.63) is 64.2 Å². The van der Waals surface area contributed by atoms with Gasteiger partial charge in [-0.15, -0.1) is 0 Å². The Kier molecular flexibility index (Phi) is 4.34. The molecule has 0 saturated carbocycles. The highest BCUT2D eigenvalue weighted by atomic mass is 35.5. The summed E-state index contributed by atoms with van der Waals surface area (Å²) in [6, 6.07) is 6.56. The van der Waals surface area contributed by atoms with Gasteiger partial charge in [-0.3, -0.25) is 9.78 Å². The number of piperidine rings is 1. The highest BCUT2D eigenvalue weighted by molar-refractivity contribution is 6.31. The minimum Gasteiger partial charge on any atom is -0.338 e. The van der Waals surface area contributed by atoms with Gasteiger partial charge in [-0.25, -0.2) is 8.78 Å². The van der Waals surface area contributed by atoms with Gasteiger partial charge in [0.15, 0.2) is 0 Å². The van der Waals surface area contributed by atoms with Gasteiger partial charge < -0.3 is 4.90 Å². The monoisotopic (exact) mass is 397 g/mol. The van der Waals surface area contributed by atoms with Crippen LogP contribution in [0.1, 0.15) is 54.1 Å². The van der Waals surface area contributed by atoms with Crippen molar-refractivity contribution in [3.8, 4) is 0 Å². The van der Waals surface area contributed by atoms with Gasteiger partial charge in [0.05, 0.1) is 5.02 Å². The molecular weight excluding hydrogens is 370 g/mol. The molecule has 3 nitrogen and oxygen atoms in total. The zero-order valence-corrected chi connectivity index (χ0v) is 15.4. The summed E-state index contributed by atoms with van der Waals surface area (Å²) in [6.45, 7) is -2.22. The minimum absolute atomic E-state index is 0.0232. The average Bonchev–Trinajstić information content (AvgIpc) is 2.74. The number of likely N-dealkylation sites (tertiary alicyclic amines) is 1. The first-order valence-corrected chi connectivity index (χ1v) is 9.09. The van der Waals surface area contributed by atoms with Crippen LogP contribution in [0.4, 0.5) is 8.78 Å². The van der Waals surface area contributed by atoms with Crippen LogP contribution in [0.2, 0.25) is 5.02 Å². The molecular formula is C21H23ClF2N2O. The van der Waals surface area contributed by atoms with E-state index in [-0.39, 0.29) is 54.9 Å². The van der Waals surface area contributed by atoms with Gasteiger partial charge in [-0.1, -0.05) is 17.7 Å². The Balaban J connectivity index is 1.60. The predicted molar refractivity (Wildman–Crippen MR) is 102 cm³/mol. The van der Waals surface area contributed by atoms with E-state index in [4.69, 9.17) is 18.5 Å². The molecule has 1 saturated heterocycles. The molecule has 0 aliphatic carbocycles. The maximum absolute atomic E-state index is 15.6. The van der Waals surface area contributed by atoms with E-state index in [1.165, 1.54) is 35.4 Å². The number of amides is 1. The number of alkyl halides is 1. The second kappa shape index (κ2) is 8.34. The van der Waals surface area contributed by atoms with Crippen molar-refractivity contribution in [2.24, 2.45) is 0 Å². The number of aryl methyl sites for hydroxylation is 2. The summed E-state index contributed by atoms with van der Waals surface area (Å²) < 4.78 is 67.6. The molecule has 6 heteroatoms. The molecule has 1 aliphatic rings. The fraction of sp³-hybridized carbons (Fsp3) is 0.429. The number of halogens is 3. The SMILES string of the molecule is [2H]C([2H])([2H])c1ccc(CCC([2H])([2H])C2(F)CCN(C(=O)c3ccc(F)c(Cl)c3)CC2)nc1. The standard InChI is InChI=1S/C21H23ClF2N2O/c1-15-4-6-17(25-14-15)3-2-8-21(24)9-11-26(12-10-21)20(27)16-5-7-19(23)18(22)13-16/h4-7,13-14H,2-3,8-12H2,1H3/i1D3,8D2. The van der Waals surface area contributed by atoms with Crippen LogP contribution in [0.3, 0.4) is 0 Å². The molecule has 0 radical (unpaired) electrons. The van der Waals surface area contributed by atoms with Gasteiger partial charge in [0.2, 0.25) is 0 Å². The predicted octanol–water partition coefficient (Wildman–Crippen LogP) is 5.15. The van der Waals surface area contributed by atoms with Gasteiger partial charge in [0, 0.05) is 37.4 Å². The van der Waals surface area contributed by atoms with Crippen molar-refractivity contribution in [1.82, 2.24) is 9.88 Å². The third kappa shape index (κ3) is 5.04. The lowest BCUT2D eigenvalue weighted by molar-refractivity contribution is 0.0389. The molecule has 0 bridgehead atoms. The first-order chi connectivity index (χ1) is 14.8. The maximum Gasteiger partial charge on any atom is 0.253 e. The number of aromatic nitrogens is 1. The highest BCUT2D eigenvalue weighted by Gasteiger charge is 2.35. The summed E-state index contributed by atoms with van der Waals surface area (Å²) in [5, 5.41) is -0.176. The van der Waals surface area contributed by atoms with E-state index in [9.17, 15) is 9.18 Å². The van der Waals surface area contributed by atoms with Crippen LogP contribution in [0.15, 0.2) is 36.5 Å². The number of pyridine rings is 1. The molecule has 1 amide bonds. The molecule has 27 heavy (non-hydrogen) atoms. The van der Waals surface area contributed by atoms with E-state index in [0.29, 0.717) is 5.69 Å². The van der Waals surface area contributed by atoms with Gasteiger partial charge in [0.1, 0.15) is 11.5 Å². The minimum atomic E-state index is -2.27. The Morgan fingerprint density at radius 3 is 2.78 bits per heavy atom. The summed E-state index contributed by atoms with van der Waals surface area (Å²) in [4.78, 5) is 18.1. The number of carbonyl (C=O) groups is 1. The second-order valence-electron chi connectivity index (χ2n) is 6.60. The molecule has 1 fully saturated rings. The van der Waals surface area contributed by atoms with E-state index in [1.807, 2.05) is 0 Å². The van der Waals surface area contributed by atoms with Crippen LogP contribution in [0.25, 0.3) is 0 Å². The smallest absolute Gasteiger partial charge is 0.253 e. The Morgan fingerprint density at radius 1 is 1.37 bits per heavy atom. The number of carbonyl (C=O) groups excluding carboxylic acids is 1. The van der Waals surface area contributed by atoms with Gasteiger partial charge >= 0.3 is 0 Å².